The number of nitrogen functional groups attached to an aromatic ring is 1. The Bertz CT molecular complexity index is 496. The van der Waals surface area contributed by atoms with E-state index in [9.17, 15) is 0 Å². The fourth-order valence-electron chi connectivity index (χ4n) is 1.68. The fraction of sp³-hybridized carbons (Fsp3) is 0.286. The summed E-state index contributed by atoms with van der Waals surface area (Å²) in [6.07, 6.45) is 0.887. The van der Waals surface area contributed by atoms with Crippen molar-refractivity contribution < 1.29 is 4.74 Å². The second kappa shape index (κ2) is 6.58. The van der Waals surface area contributed by atoms with Crippen molar-refractivity contribution in [1.82, 2.24) is 9.97 Å². The lowest BCUT2D eigenvalue weighted by atomic mass is 10.3. The van der Waals surface area contributed by atoms with Crippen LogP contribution in [-0.4, -0.2) is 23.1 Å². The van der Waals surface area contributed by atoms with E-state index in [1.54, 1.807) is 0 Å². The van der Waals surface area contributed by atoms with E-state index < -0.39 is 0 Å². The molecule has 2 aromatic rings. The highest BCUT2D eigenvalue weighted by Crippen LogP contribution is 2.09. The van der Waals surface area contributed by atoms with Crippen LogP contribution in [0.15, 0.2) is 36.4 Å². The fourth-order valence-corrected chi connectivity index (χ4v) is 1.68. The van der Waals surface area contributed by atoms with Crippen LogP contribution in [0.5, 0.6) is 5.75 Å². The first-order valence-electron chi connectivity index (χ1n) is 6.27. The number of para-hydroxylation sites is 1. The topological polar surface area (TPSA) is 73.1 Å². The molecule has 0 aliphatic heterocycles. The average molecular weight is 258 g/mol. The molecule has 0 aliphatic carbocycles. The molecule has 0 radical (unpaired) electrons. The lowest BCUT2D eigenvalue weighted by Gasteiger charge is -2.08. The van der Waals surface area contributed by atoms with E-state index in [2.05, 4.69) is 15.3 Å². The highest BCUT2D eigenvalue weighted by Gasteiger charge is 1.98. The summed E-state index contributed by atoms with van der Waals surface area (Å²) in [5.41, 5.74) is 6.44. The second-order valence-corrected chi connectivity index (χ2v) is 4.19. The third kappa shape index (κ3) is 4.46. The number of nitrogens with zero attached hydrogens (tertiary/aromatic N) is 2. The minimum Gasteiger partial charge on any atom is -0.494 e. The first kappa shape index (κ1) is 13.1. The molecule has 1 aromatic heterocycles. The molecule has 5 heteroatoms. The number of nitrogens with one attached hydrogen (secondary N) is 1. The summed E-state index contributed by atoms with van der Waals surface area (Å²) in [5.74, 6) is 1.94. The van der Waals surface area contributed by atoms with Gasteiger partial charge in [0.1, 0.15) is 11.6 Å². The van der Waals surface area contributed by atoms with Crippen molar-refractivity contribution in [3.8, 4) is 5.75 Å². The third-order valence-electron chi connectivity index (χ3n) is 2.51. The maximum atomic E-state index is 5.59. The van der Waals surface area contributed by atoms with Gasteiger partial charge in [0, 0.05) is 18.3 Å². The largest absolute Gasteiger partial charge is 0.494 e. The van der Waals surface area contributed by atoms with Gasteiger partial charge in [0.2, 0.25) is 5.95 Å². The number of hydrogen-bond acceptors (Lipinski definition) is 5. The first-order chi connectivity index (χ1) is 9.24. The molecule has 19 heavy (non-hydrogen) atoms. The van der Waals surface area contributed by atoms with Gasteiger partial charge in [0.05, 0.1) is 6.61 Å². The Morgan fingerprint density at radius 2 is 2.00 bits per heavy atom. The van der Waals surface area contributed by atoms with E-state index in [-0.39, 0.29) is 0 Å². The van der Waals surface area contributed by atoms with Gasteiger partial charge in [-0.1, -0.05) is 18.2 Å². The lowest BCUT2D eigenvalue weighted by molar-refractivity contribution is 0.315. The van der Waals surface area contributed by atoms with Gasteiger partial charge in [-0.15, -0.1) is 0 Å². The Balaban J connectivity index is 1.69. The van der Waals surface area contributed by atoms with E-state index >= 15 is 0 Å². The molecule has 100 valence electrons. The van der Waals surface area contributed by atoms with Crippen molar-refractivity contribution in [3.05, 3.63) is 42.1 Å². The molecule has 0 amide bonds. The standard InChI is InChI=1S/C14H18N4O/c1-11-10-13(18-14(15)17-11)16-8-5-9-19-12-6-3-2-4-7-12/h2-4,6-7,10H,5,8-9H2,1H3,(H3,15,16,17,18). The molecule has 0 atom stereocenters. The van der Waals surface area contributed by atoms with Gasteiger partial charge in [0.25, 0.3) is 0 Å². The maximum absolute atomic E-state index is 5.59. The van der Waals surface area contributed by atoms with Gasteiger partial charge in [-0.3, -0.25) is 0 Å². The molecule has 0 aliphatic rings. The number of rotatable bonds is 6. The minimum atomic E-state index is 0.294. The van der Waals surface area contributed by atoms with Crippen LogP contribution in [0.25, 0.3) is 0 Å². The van der Waals surface area contributed by atoms with Crippen molar-refractivity contribution in [3.63, 3.8) is 0 Å². The molecule has 0 saturated heterocycles. The SMILES string of the molecule is Cc1cc(NCCCOc2ccccc2)nc(N)n1. The quantitative estimate of drug-likeness (QED) is 0.777. The number of benzene rings is 1. The van der Waals surface area contributed by atoms with E-state index in [1.807, 2.05) is 43.3 Å². The molecular weight excluding hydrogens is 240 g/mol. The van der Waals surface area contributed by atoms with Gasteiger partial charge < -0.3 is 15.8 Å². The van der Waals surface area contributed by atoms with Gasteiger partial charge in [-0.05, 0) is 25.5 Å². The predicted molar refractivity (Wildman–Crippen MR) is 76.2 cm³/mol. The number of ether oxygens (including phenoxy) is 1. The molecular formula is C14H18N4O. The molecule has 0 saturated carbocycles. The Kier molecular flexibility index (Phi) is 4.55. The van der Waals surface area contributed by atoms with Crippen molar-refractivity contribution in [1.29, 1.82) is 0 Å². The Morgan fingerprint density at radius 1 is 1.21 bits per heavy atom. The molecule has 1 heterocycles. The van der Waals surface area contributed by atoms with E-state index in [4.69, 9.17) is 10.5 Å². The van der Waals surface area contributed by atoms with Crippen LogP contribution in [0, 0.1) is 6.92 Å². The molecule has 2 rings (SSSR count). The monoisotopic (exact) mass is 258 g/mol. The van der Waals surface area contributed by atoms with Crippen LogP contribution in [0.1, 0.15) is 12.1 Å². The van der Waals surface area contributed by atoms with Gasteiger partial charge in [-0.2, -0.15) is 4.98 Å². The lowest BCUT2D eigenvalue weighted by Crippen LogP contribution is -2.09. The van der Waals surface area contributed by atoms with Crippen molar-refractivity contribution >= 4 is 11.8 Å². The summed E-state index contributed by atoms with van der Waals surface area (Å²) >= 11 is 0. The molecule has 0 unspecified atom stereocenters. The number of aryl methyl sites for hydroxylation is 1. The summed E-state index contributed by atoms with van der Waals surface area (Å²) in [7, 11) is 0. The first-order valence-corrected chi connectivity index (χ1v) is 6.27. The van der Waals surface area contributed by atoms with E-state index in [1.165, 1.54) is 0 Å². The Morgan fingerprint density at radius 3 is 2.74 bits per heavy atom. The molecule has 5 nitrogen and oxygen atoms in total. The van der Waals surface area contributed by atoms with Crippen LogP contribution in [-0.2, 0) is 0 Å². The third-order valence-corrected chi connectivity index (χ3v) is 2.51. The zero-order valence-electron chi connectivity index (χ0n) is 11.0. The summed E-state index contributed by atoms with van der Waals surface area (Å²) < 4.78 is 5.59. The zero-order chi connectivity index (χ0) is 13.5. The highest BCUT2D eigenvalue weighted by atomic mass is 16.5. The predicted octanol–water partition coefficient (Wildman–Crippen LogP) is 2.25. The molecule has 0 bridgehead atoms. The van der Waals surface area contributed by atoms with Crippen LogP contribution >= 0.6 is 0 Å². The number of aromatic nitrogens is 2. The smallest absolute Gasteiger partial charge is 0.222 e. The molecule has 0 spiro atoms. The summed E-state index contributed by atoms with van der Waals surface area (Å²) in [5, 5.41) is 3.20. The number of anilines is 2. The van der Waals surface area contributed by atoms with E-state index in [0.717, 1.165) is 30.2 Å². The summed E-state index contributed by atoms with van der Waals surface area (Å²) in [6.45, 7) is 3.33. The summed E-state index contributed by atoms with van der Waals surface area (Å²) in [4.78, 5) is 8.12. The number of hydrogen-bond donors (Lipinski definition) is 2. The molecule has 0 fully saturated rings. The number of nitrogens with two attached hydrogens (primary N) is 1. The Labute approximate surface area is 112 Å². The van der Waals surface area contributed by atoms with Crippen molar-refractivity contribution in [2.75, 3.05) is 24.2 Å². The minimum absolute atomic E-state index is 0.294. The zero-order valence-corrected chi connectivity index (χ0v) is 11.0. The van der Waals surface area contributed by atoms with Gasteiger partial charge in [0.15, 0.2) is 0 Å². The second-order valence-electron chi connectivity index (χ2n) is 4.19. The normalized spacial score (nSPS) is 10.2. The maximum Gasteiger partial charge on any atom is 0.222 e. The van der Waals surface area contributed by atoms with Gasteiger partial charge >= 0.3 is 0 Å². The van der Waals surface area contributed by atoms with Crippen LogP contribution in [0.2, 0.25) is 0 Å². The summed E-state index contributed by atoms with van der Waals surface area (Å²) in [6, 6.07) is 11.6. The van der Waals surface area contributed by atoms with Crippen LogP contribution < -0.4 is 15.8 Å². The van der Waals surface area contributed by atoms with Crippen molar-refractivity contribution in [2.24, 2.45) is 0 Å². The van der Waals surface area contributed by atoms with Crippen molar-refractivity contribution in [2.45, 2.75) is 13.3 Å². The van der Waals surface area contributed by atoms with Crippen LogP contribution in [0.4, 0.5) is 11.8 Å². The average Bonchev–Trinajstić information content (AvgIpc) is 2.38. The highest BCUT2D eigenvalue weighted by molar-refractivity contribution is 5.39. The molecule has 3 N–H and O–H groups in total. The van der Waals surface area contributed by atoms with E-state index in [0.29, 0.717) is 12.6 Å². The van der Waals surface area contributed by atoms with Gasteiger partial charge in [-0.25, -0.2) is 4.98 Å². The molecule has 1 aromatic carbocycles. The Hall–Kier alpha value is -2.30. The van der Waals surface area contributed by atoms with Crippen LogP contribution in [0.3, 0.4) is 0 Å².